The van der Waals surface area contributed by atoms with Gasteiger partial charge in [-0.05, 0) is 31.4 Å². The second-order valence-electron chi connectivity index (χ2n) is 4.57. The first-order valence-corrected chi connectivity index (χ1v) is 6.72. The molecule has 1 atom stereocenters. The Labute approximate surface area is 106 Å². The summed E-state index contributed by atoms with van der Waals surface area (Å²) in [6, 6.07) is 9.36. The van der Waals surface area contributed by atoms with Crippen LogP contribution >= 0.6 is 15.9 Å². The van der Waals surface area contributed by atoms with Gasteiger partial charge in [0.1, 0.15) is 0 Å². The molecule has 88 valence electrons. The highest BCUT2D eigenvalue weighted by Crippen LogP contribution is 2.29. The molecule has 3 heteroatoms. The molecule has 0 saturated carbocycles. The van der Waals surface area contributed by atoms with Crippen LogP contribution in [0.4, 0.5) is 0 Å². The molecule has 0 bridgehead atoms. The van der Waals surface area contributed by atoms with Crippen LogP contribution in [0.3, 0.4) is 0 Å². The summed E-state index contributed by atoms with van der Waals surface area (Å²) in [6.07, 6.45) is 2.24. The molecule has 0 amide bonds. The van der Waals surface area contributed by atoms with E-state index in [0.29, 0.717) is 12.1 Å². The van der Waals surface area contributed by atoms with Gasteiger partial charge in [0.05, 0.1) is 0 Å². The van der Waals surface area contributed by atoms with Crippen molar-refractivity contribution >= 4 is 15.9 Å². The lowest BCUT2D eigenvalue weighted by Crippen LogP contribution is -2.40. The van der Waals surface area contributed by atoms with E-state index in [4.69, 9.17) is 5.73 Å². The van der Waals surface area contributed by atoms with Crippen LogP contribution in [0.1, 0.15) is 31.4 Å². The summed E-state index contributed by atoms with van der Waals surface area (Å²) in [5.41, 5.74) is 7.30. The van der Waals surface area contributed by atoms with Crippen molar-refractivity contribution in [1.29, 1.82) is 0 Å². The van der Waals surface area contributed by atoms with E-state index in [1.54, 1.807) is 0 Å². The fourth-order valence-electron chi connectivity index (χ4n) is 2.32. The van der Waals surface area contributed by atoms with Crippen molar-refractivity contribution in [2.24, 2.45) is 5.73 Å². The maximum Gasteiger partial charge on any atom is 0.0331 e. The molecule has 1 aliphatic heterocycles. The van der Waals surface area contributed by atoms with Crippen molar-refractivity contribution in [2.75, 3.05) is 13.1 Å². The Bertz CT molecular complexity index is 346. The van der Waals surface area contributed by atoms with Crippen molar-refractivity contribution < 1.29 is 0 Å². The third kappa shape index (κ3) is 2.65. The summed E-state index contributed by atoms with van der Waals surface area (Å²) < 4.78 is 1.21. The lowest BCUT2D eigenvalue weighted by Gasteiger charge is -2.35. The van der Waals surface area contributed by atoms with Crippen molar-refractivity contribution in [3.05, 3.63) is 34.3 Å². The van der Waals surface area contributed by atoms with Gasteiger partial charge in [-0.2, -0.15) is 0 Å². The fourth-order valence-corrected chi connectivity index (χ4v) is 2.93. The van der Waals surface area contributed by atoms with Crippen molar-refractivity contribution in [3.8, 4) is 0 Å². The summed E-state index contributed by atoms with van der Waals surface area (Å²) in [7, 11) is 0. The lowest BCUT2D eigenvalue weighted by molar-refractivity contribution is 0.163. The molecule has 2 N–H and O–H groups in total. The summed E-state index contributed by atoms with van der Waals surface area (Å²) in [5.74, 6) is 0. The SMILES string of the molecule is CC(c1ccccc1Br)N1CCC(N)CC1. The number of likely N-dealkylation sites (tertiary alicyclic amines) is 1. The van der Waals surface area contributed by atoms with Gasteiger partial charge in [-0.1, -0.05) is 34.1 Å². The molecule has 0 aliphatic carbocycles. The van der Waals surface area contributed by atoms with E-state index in [0.717, 1.165) is 25.9 Å². The third-order valence-corrected chi connectivity index (χ3v) is 4.20. The number of nitrogens with two attached hydrogens (primary N) is 1. The van der Waals surface area contributed by atoms with Crippen molar-refractivity contribution in [3.63, 3.8) is 0 Å². The zero-order valence-corrected chi connectivity index (χ0v) is 11.3. The minimum absolute atomic E-state index is 0.405. The molecule has 1 unspecified atom stereocenters. The van der Waals surface area contributed by atoms with Crippen LogP contribution in [-0.4, -0.2) is 24.0 Å². The predicted molar refractivity (Wildman–Crippen MR) is 71.3 cm³/mol. The zero-order valence-electron chi connectivity index (χ0n) is 9.70. The summed E-state index contributed by atoms with van der Waals surface area (Å²) in [5, 5.41) is 0. The average Bonchev–Trinajstić information content (AvgIpc) is 2.30. The first-order chi connectivity index (χ1) is 7.68. The van der Waals surface area contributed by atoms with Crippen molar-refractivity contribution in [2.45, 2.75) is 31.8 Å². The second kappa shape index (κ2) is 5.30. The van der Waals surface area contributed by atoms with Gasteiger partial charge in [0.15, 0.2) is 0 Å². The predicted octanol–water partition coefficient (Wildman–Crippen LogP) is 2.93. The number of benzene rings is 1. The Morgan fingerprint density at radius 2 is 1.94 bits per heavy atom. The lowest BCUT2D eigenvalue weighted by atomic mass is 10.0. The second-order valence-corrected chi connectivity index (χ2v) is 5.43. The van der Waals surface area contributed by atoms with Crippen LogP contribution in [0, 0.1) is 0 Å². The topological polar surface area (TPSA) is 29.3 Å². The maximum atomic E-state index is 5.93. The van der Waals surface area contributed by atoms with E-state index in [9.17, 15) is 0 Å². The molecule has 0 spiro atoms. The van der Waals surface area contributed by atoms with Crippen LogP contribution in [0.25, 0.3) is 0 Å². The molecular formula is C13H19BrN2. The van der Waals surface area contributed by atoms with Crippen LogP contribution < -0.4 is 5.73 Å². The number of hydrogen-bond acceptors (Lipinski definition) is 2. The number of halogens is 1. The molecule has 1 aromatic rings. The van der Waals surface area contributed by atoms with Gasteiger partial charge in [-0.3, -0.25) is 4.90 Å². The minimum Gasteiger partial charge on any atom is -0.328 e. The van der Waals surface area contributed by atoms with E-state index >= 15 is 0 Å². The zero-order chi connectivity index (χ0) is 11.5. The molecular weight excluding hydrogens is 264 g/mol. The van der Waals surface area contributed by atoms with E-state index in [1.165, 1.54) is 10.0 Å². The molecule has 1 fully saturated rings. The smallest absolute Gasteiger partial charge is 0.0331 e. The van der Waals surface area contributed by atoms with Gasteiger partial charge in [0.25, 0.3) is 0 Å². The quantitative estimate of drug-likeness (QED) is 0.904. The van der Waals surface area contributed by atoms with E-state index in [-0.39, 0.29) is 0 Å². The summed E-state index contributed by atoms with van der Waals surface area (Å²) >= 11 is 3.62. The molecule has 1 heterocycles. The normalized spacial score (nSPS) is 20.9. The largest absolute Gasteiger partial charge is 0.328 e. The van der Waals surface area contributed by atoms with Gasteiger partial charge < -0.3 is 5.73 Å². The highest BCUT2D eigenvalue weighted by Gasteiger charge is 2.22. The standard InChI is InChI=1S/C13H19BrN2/c1-10(12-4-2-3-5-13(12)14)16-8-6-11(15)7-9-16/h2-5,10-11H,6-9,15H2,1H3. The third-order valence-electron chi connectivity index (χ3n) is 3.48. The Balaban J connectivity index is 2.07. The van der Waals surface area contributed by atoms with Gasteiger partial charge in [-0.25, -0.2) is 0 Å². The maximum absolute atomic E-state index is 5.93. The van der Waals surface area contributed by atoms with E-state index < -0.39 is 0 Å². The van der Waals surface area contributed by atoms with Crippen LogP contribution in [0.2, 0.25) is 0 Å². The molecule has 2 rings (SSSR count). The molecule has 1 saturated heterocycles. The molecule has 1 aromatic carbocycles. The minimum atomic E-state index is 0.405. The average molecular weight is 283 g/mol. The molecule has 0 radical (unpaired) electrons. The Morgan fingerprint density at radius 1 is 1.31 bits per heavy atom. The summed E-state index contributed by atoms with van der Waals surface area (Å²) in [4.78, 5) is 2.52. The highest BCUT2D eigenvalue weighted by molar-refractivity contribution is 9.10. The first kappa shape index (κ1) is 12.1. The number of piperidine rings is 1. The van der Waals surface area contributed by atoms with Gasteiger partial charge in [0, 0.05) is 29.6 Å². The van der Waals surface area contributed by atoms with E-state index in [2.05, 4.69) is 52.0 Å². The number of hydrogen-bond donors (Lipinski definition) is 1. The number of rotatable bonds is 2. The summed E-state index contributed by atoms with van der Waals surface area (Å²) in [6.45, 7) is 4.50. The molecule has 0 aromatic heterocycles. The monoisotopic (exact) mass is 282 g/mol. The van der Waals surface area contributed by atoms with Gasteiger partial charge >= 0.3 is 0 Å². The van der Waals surface area contributed by atoms with Gasteiger partial charge in [0.2, 0.25) is 0 Å². The van der Waals surface area contributed by atoms with Crippen LogP contribution in [0.15, 0.2) is 28.7 Å². The Morgan fingerprint density at radius 3 is 2.56 bits per heavy atom. The Kier molecular flexibility index (Phi) is 4.00. The first-order valence-electron chi connectivity index (χ1n) is 5.92. The molecule has 1 aliphatic rings. The van der Waals surface area contributed by atoms with Crippen molar-refractivity contribution in [1.82, 2.24) is 4.90 Å². The highest BCUT2D eigenvalue weighted by atomic mass is 79.9. The number of nitrogens with zero attached hydrogens (tertiary/aromatic N) is 1. The van der Waals surface area contributed by atoms with Crippen LogP contribution in [-0.2, 0) is 0 Å². The molecule has 16 heavy (non-hydrogen) atoms. The Hall–Kier alpha value is -0.380. The van der Waals surface area contributed by atoms with Crippen LogP contribution in [0.5, 0.6) is 0 Å². The van der Waals surface area contributed by atoms with E-state index in [1.807, 2.05) is 0 Å². The fraction of sp³-hybridized carbons (Fsp3) is 0.538. The van der Waals surface area contributed by atoms with Gasteiger partial charge in [-0.15, -0.1) is 0 Å². The molecule has 2 nitrogen and oxygen atoms in total.